The molecule has 0 unspecified atom stereocenters. The zero-order valence-electron chi connectivity index (χ0n) is 19.4. The van der Waals surface area contributed by atoms with E-state index in [1.807, 2.05) is 0 Å². The van der Waals surface area contributed by atoms with Gasteiger partial charge in [-0.2, -0.15) is 0 Å². The lowest BCUT2D eigenvalue weighted by molar-refractivity contribution is -0.211. The van der Waals surface area contributed by atoms with E-state index in [0.29, 0.717) is 5.02 Å². The Morgan fingerprint density at radius 2 is 1.89 bits per heavy atom. The molecule has 4 rings (SSSR count). The van der Waals surface area contributed by atoms with Crippen LogP contribution in [0.2, 0.25) is 10.0 Å². The molecule has 0 aliphatic carbocycles. The third-order valence-corrected chi connectivity index (χ3v) is 6.63. The monoisotopic (exact) mass is 560 g/mol. The molecule has 0 saturated carbocycles. The first-order chi connectivity index (χ1) is 17.6. The van der Waals surface area contributed by atoms with Crippen LogP contribution in [0, 0.1) is 17.5 Å². The number of methoxy groups -OCH3 is 1. The van der Waals surface area contributed by atoms with Crippen molar-refractivity contribution >= 4 is 34.8 Å². The standard InChI is InChI=1S/C23H21Cl2F3N4O5/c1-31(16-7-11(24)3-4-12(16)25)23(35)22-21(36-2)19(20(34)17(9-33)37-22)32-8-15(29-30-32)10-5-13(26)18(28)14(27)6-10/h3-8,17,19-22,33-34H,9H2,1-2H3/t17-,19+,20+,21-,22-/m1/s1. The number of hydrogen-bond donors (Lipinski definition) is 2. The number of aliphatic hydroxyl groups is 2. The first-order valence-electron chi connectivity index (χ1n) is 10.8. The Balaban J connectivity index is 1.70. The van der Waals surface area contributed by atoms with Gasteiger partial charge in [-0.3, -0.25) is 4.79 Å². The molecule has 0 spiro atoms. The van der Waals surface area contributed by atoms with Gasteiger partial charge in [-0.05, 0) is 30.3 Å². The molecule has 5 atom stereocenters. The van der Waals surface area contributed by atoms with E-state index in [4.69, 9.17) is 32.7 Å². The van der Waals surface area contributed by atoms with Gasteiger partial charge in [0.25, 0.3) is 5.91 Å². The molecular formula is C23H21Cl2F3N4O5. The molecule has 1 aromatic heterocycles. The number of amides is 1. The summed E-state index contributed by atoms with van der Waals surface area (Å²) in [4.78, 5) is 14.7. The summed E-state index contributed by atoms with van der Waals surface area (Å²) in [5.41, 5.74) is 0.127. The van der Waals surface area contributed by atoms with E-state index in [-0.39, 0.29) is 22.0 Å². The minimum Gasteiger partial charge on any atom is -0.394 e. The molecule has 2 N–H and O–H groups in total. The Morgan fingerprint density at radius 3 is 2.51 bits per heavy atom. The Morgan fingerprint density at radius 1 is 1.22 bits per heavy atom. The predicted molar refractivity (Wildman–Crippen MR) is 127 cm³/mol. The number of benzene rings is 2. The number of aliphatic hydroxyl groups excluding tert-OH is 2. The lowest BCUT2D eigenvalue weighted by Gasteiger charge is -2.43. The predicted octanol–water partition coefficient (Wildman–Crippen LogP) is 3.01. The van der Waals surface area contributed by atoms with Crippen molar-refractivity contribution in [1.29, 1.82) is 0 Å². The number of nitrogens with zero attached hydrogens (tertiary/aromatic N) is 4. The Kier molecular flexibility index (Phi) is 8.07. The topological polar surface area (TPSA) is 110 Å². The van der Waals surface area contributed by atoms with E-state index in [1.54, 1.807) is 6.07 Å². The molecule has 198 valence electrons. The largest absolute Gasteiger partial charge is 0.394 e. The minimum atomic E-state index is -1.63. The van der Waals surface area contributed by atoms with Gasteiger partial charge in [-0.1, -0.05) is 28.4 Å². The van der Waals surface area contributed by atoms with Gasteiger partial charge in [0.2, 0.25) is 0 Å². The lowest BCUT2D eigenvalue weighted by atomic mass is 9.91. The maximum atomic E-state index is 13.7. The van der Waals surface area contributed by atoms with Gasteiger partial charge in [0.05, 0.1) is 23.5 Å². The van der Waals surface area contributed by atoms with E-state index >= 15 is 0 Å². The van der Waals surface area contributed by atoms with Crippen LogP contribution >= 0.6 is 23.2 Å². The molecule has 0 bridgehead atoms. The van der Waals surface area contributed by atoms with Crippen LogP contribution in [0.5, 0.6) is 0 Å². The van der Waals surface area contributed by atoms with Crippen molar-refractivity contribution < 1.29 is 37.7 Å². The van der Waals surface area contributed by atoms with Crippen LogP contribution in [-0.2, 0) is 14.3 Å². The number of carbonyl (C=O) groups is 1. The Bertz CT molecular complexity index is 1290. The van der Waals surface area contributed by atoms with Crippen molar-refractivity contribution in [3.8, 4) is 11.3 Å². The van der Waals surface area contributed by atoms with Gasteiger partial charge in [0.15, 0.2) is 23.6 Å². The fourth-order valence-electron chi connectivity index (χ4n) is 4.17. The first kappa shape index (κ1) is 27.3. The highest BCUT2D eigenvalue weighted by molar-refractivity contribution is 6.35. The van der Waals surface area contributed by atoms with E-state index in [1.165, 1.54) is 37.4 Å². The number of likely N-dealkylation sites (N-methyl/N-ethyl adjacent to an activating group) is 1. The molecule has 1 aliphatic heterocycles. The molecule has 0 radical (unpaired) electrons. The summed E-state index contributed by atoms with van der Waals surface area (Å²) in [7, 11) is 2.72. The van der Waals surface area contributed by atoms with Crippen molar-refractivity contribution in [3.63, 3.8) is 0 Å². The van der Waals surface area contributed by atoms with Crippen LogP contribution in [0.1, 0.15) is 6.04 Å². The van der Waals surface area contributed by atoms with Gasteiger partial charge >= 0.3 is 0 Å². The Hall–Kier alpha value is -2.74. The van der Waals surface area contributed by atoms with E-state index < -0.39 is 60.4 Å². The quantitative estimate of drug-likeness (QED) is 0.446. The van der Waals surface area contributed by atoms with Gasteiger partial charge in [-0.15, -0.1) is 5.10 Å². The van der Waals surface area contributed by atoms with E-state index in [0.717, 1.165) is 16.8 Å². The van der Waals surface area contributed by atoms with Crippen molar-refractivity contribution in [1.82, 2.24) is 15.0 Å². The van der Waals surface area contributed by atoms with Crippen LogP contribution in [0.3, 0.4) is 0 Å². The summed E-state index contributed by atoms with van der Waals surface area (Å²) in [6, 6.07) is 4.90. The summed E-state index contributed by atoms with van der Waals surface area (Å²) < 4.78 is 53.2. The summed E-state index contributed by atoms with van der Waals surface area (Å²) in [6.07, 6.45) is -3.95. The minimum absolute atomic E-state index is 0.0439. The average Bonchev–Trinajstić information content (AvgIpc) is 3.37. The van der Waals surface area contributed by atoms with Gasteiger partial charge < -0.3 is 24.6 Å². The van der Waals surface area contributed by atoms with Gasteiger partial charge in [-0.25, -0.2) is 17.9 Å². The number of ether oxygens (including phenoxy) is 2. The summed E-state index contributed by atoms with van der Waals surface area (Å²) in [6.45, 7) is -0.657. The van der Waals surface area contributed by atoms with E-state index in [9.17, 15) is 28.2 Å². The van der Waals surface area contributed by atoms with Crippen LogP contribution in [0.25, 0.3) is 11.3 Å². The highest BCUT2D eigenvalue weighted by atomic mass is 35.5. The normalized spacial score (nSPS) is 23.8. The highest BCUT2D eigenvalue weighted by Gasteiger charge is 2.50. The number of halogens is 5. The summed E-state index contributed by atoms with van der Waals surface area (Å²) in [5, 5.41) is 29.1. The fourth-order valence-corrected chi connectivity index (χ4v) is 4.58. The number of anilines is 1. The zero-order chi connectivity index (χ0) is 27.0. The van der Waals surface area contributed by atoms with Crippen LogP contribution in [-0.4, -0.2) is 76.3 Å². The van der Waals surface area contributed by atoms with Crippen LogP contribution in [0.15, 0.2) is 36.5 Å². The molecule has 3 aromatic rings. The summed E-state index contributed by atoms with van der Waals surface area (Å²) in [5.74, 6) is -5.10. The van der Waals surface area contributed by atoms with Crippen molar-refractivity contribution in [2.45, 2.75) is 30.5 Å². The molecule has 1 saturated heterocycles. The van der Waals surface area contributed by atoms with Crippen molar-refractivity contribution in [2.24, 2.45) is 0 Å². The molecular weight excluding hydrogens is 540 g/mol. The first-order valence-corrected chi connectivity index (χ1v) is 11.6. The SMILES string of the molecule is CO[C@@H]1[C@@H](n2cc(-c3cc(F)c(F)c(F)c3)nn2)[C@@H](O)[C@@H](CO)O[C@H]1C(=O)N(C)c1cc(Cl)ccc1Cl. The van der Waals surface area contributed by atoms with E-state index in [2.05, 4.69) is 10.3 Å². The Labute approximate surface area is 218 Å². The third kappa shape index (κ3) is 5.17. The molecule has 1 fully saturated rings. The molecule has 1 aliphatic rings. The number of rotatable bonds is 6. The average molecular weight is 561 g/mol. The molecule has 9 nitrogen and oxygen atoms in total. The van der Waals surface area contributed by atoms with Crippen LogP contribution < -0.4 is 4.90 Å². The second kappa shape index (κ2) is 10.9. The van der Waals surface area contributed by atoms with Gasteiger partial charge in [0, 0.05) is 24.7 Å². The maximum Gasteiger partial charge on any atom is 0.258 e. The van der Waals surface area contributed by atoms with Gasteiger partial charge in [0.1, 0.15) is 30.0 Å². The molecule has 2 heterocycles. The molecule has 1 amide bonds. The smallest absolute Gasteiger partial charge is 0.258 e. The molecule has 14 heteroatoms. The second-order valence-corrected chi connectivity index (χ2v) is 9.13. The molecule has 2 aromatic carbocycles. The fraction of sp³-hybridized carbons (Fsp3) is 0.348. The third-order valence-electron chi connectivity index (χ3n) is 6.08. The van der Waals surface area contributed by atoms with Crippen molar-refractivity contribution in [2.75, 3.05) is 25.7 Å². The second-order valence-electron chi connectivity index (χ2n) is 8.29. The molecule has 37 heavy (non-hydrogen) atoms. The number of hydrogen-bond acceptors (Lipinski definition) is 7. The summed E-state index contributed by atoms with van der Waals surface area (Å²) >= 11 is 12.3. The lowest BCUT2D eigenvalue weighted by Crippen LogP contribution is -2.60. The highest BCUT2D eigenvalue weighted by Crippen LogP contribution is 2.35. The zero-order valence-corrected chi connectivity index (χ0v) is 20.9. The number of aromatic nitrogens is 3. The number of carbonyl (C=O) groups excluding carboxylic acids is 1. The van der Waals surface area contributed by atoms with Crippen molar-refractivity contribution in [3.05, 3.63) is 64.0 Å². The van der Waals surface area contributed by atoms with Crippen LogP contribution in [0.4, 0.5) is 18.9 Å². The maximum absolute atomic E-state index is 13.7.